The number of carbonyl (C=O) groups is 2. The summed E-state index contributed by atoms with van der Waals surface area (Å²) in [5.74, 6) is -0.679. The van der Waals surface area contributed by atoms with Gasteiger partial charge in [0.2, 0.25) is 11.8 Å². The number of piperidine rings is 1. The van der Waals surface area contributed by atoms with Gasteiger partial charge in [0.25, 0.3) is 0 Å². The van der Waals surface area contributed by atoms with Crippen LogP contribution in [0.25, 0.3) is 11.0 Å². The smallest absolute Gasteiger partial charge is 0.329 e. The highest BCUT2D eigenvalue weighted by atomic mass is 16.2. The number of rotatable bonds is 3. The Morgan fingerprint density at radius 3 is 2.56 bits per heavy atom. The first-order valence-corrected chi connectivity index (χ1v) is 9.52. The number of anilines is 1. The molecule has 0 aliphatic carbocycles. The van der Waals surface area contributed by atoms with Crippen LogP contribution in [0.1, 0.15) is 27.2 Å². The van der Waals surface area contributed by atoms with Crippen molar-refractivity contribution in [2.75, 3.05) is 37.6 Å². The maximum Gasteiger partial charge on any atom is 0.329 e. The molecule has 146 valence electrons. The summed E-state index contributed by atoms with van der Waals surface area (Å²) in [6.07, 6.45) is 0.598. The molecule has 2 aromatic rings. The van der Waals surface area contributed by atoms with E-state index in [-0.39, 0.29) is 19.4 Å². The van der Waals surface area contributed by atoms with Crippen molar-refractivity contribution in [3.05, 3.63) is 28.7 Å². The van der Waals surface area contributed by atoms with Gasteiger partial charge in [0.05, 0.1) is 16.7 Å². The molecule has 2 aliphatic heterocycles. The number of imide groups is 1. The Morgan fingerprint density at radius 2 is 1.89 bits per heavy atom. The molecule has 1 unspecified atom stereocenters. The van der Waals surface area contributed by atoms with Gasteiger partial charge in [-0.2, -0.15) is 0 Å². The van der Waals surface area contributed by atoms with Crippen LogP contribution in [0.5, 0.6) is 0 Å². The van der Waals surface area contributed by atoms with Crippen molar-refractivity contribution in [2.24, 2.45) is 7.05 Å². The largest absolute Gasteiger partial charge is 0.367 e. The summed E-state index contributed by atoms with van der Waals surface area (Å²) >= 11 is 0. The number of benzene rings is 1. The van der Waals surface area contributed by atoms with Gasteiger partial charge < -0.3 is 9.80 Å². The molecule has 4 rings (SSSR count). The average molecular weight is 373 g/mol. The summed E-state index contributed by atoms with van der Waals surface area (Å²) in [7, 11) is 1.75. The molecule has 8 nitrogen and oxygen atoms in total. The van der Waals surface area contributed by atoms with E-state index in [0.717, 1.165) is 49.4 Å². The maximum absolute atomic E-state index is 13.0. The molecule has 1 atom stereocenters. The lowest BCUT2D eigenvalue weighted by atomic mass is 10.1. The summed E-state index contributed by atoms with van der Waals surface area (Å²) in [6, 6.07) is 5.21. The standard InChI is InChI=1S/C19H25N5O3.H2/c1-3-22-9-11-23(12-10-22)13-5-4-6-14-17(13)21(2)19(27)24(14)15-7-8-16(25)20-18(15)26;/h4-6,15H,3,7-12H2,1-2H3,(H,20,25,26);1H. The van der Waals surface area contributed by atoms with Crippen molar-refractivity contribution in [1.29, 1.82) is 0 Å². The van der Waals surface area contributed by atoms with Crippen LogP contribution in [-0.2, 0) is 16.6 Å². The van der Waals surface area contributed by atoms with Gasteiger partial charge in [-0.1, -0.05) is 13.0 Å². The number of nitrogens with zero attached hydrogens (tertiary/aromatic N) is 4. The molecule has 1 aromatic heterocycles. The summed E-state index contributed by atoms with van der Waals surface area (Å²) in [5.41, 5.74) is 2.39. The zero-order valence-corrected chi connectivity index (χ0v) is 15.8. The monoisotopic (exact) mass is 373 g/mol. The third-order valence-electron chi connectivity index (χ3n) is 5.76. The minimum atomic E-state index is -0.647. The number of aryl methyl sites for hydroxylation is 1. The van der Waals surface area contributed by atoms with Crippen LogP contribution in [0.15, 0.2) is 23.0 Å². The fourth-order valence-electron chi connectivity index (χ4n) is 4.21. The lowest BCUT2D eigenvalue weighted by molar-refractivity contribution is -0.135. The van der Waals surface area contributed by atoms with Crippen LogP contribution in [0.2, 0.25) is 0 Å². The second kappa shape index (κ2) is 6.84. The highest BCUT2D eigenvalue weighted by molar-refractivity contribution is 6.00. The molecule has 8 heteroatoms. The minimum Gasteiger partial charge on any atom is -0.367 e. The van der Waals surface area contributed by atoms with E-state index in [0.29, 0.717) is 6.42 Å². The Labute approximate surface area is 158 Å². The predicted octanol–water partition coefficient (Wildman–Crippen LogP) is 0.706. The van der Waals surface area contributed by atoms with Crippen LogP contribution in [0, 0.1) is 0 Å². The first-order chi connectivity index (χ1) is 13.0. The number of fused-ring (bicyclic) bond motifs is 1. The van der Waals surface area contributed by atoms with Crippen LogP contribution >= 0.6 is 0 Å². The summed E-state index contributed by atoms with van der Waals surface area (Å²) in [5, 5.41) is 2.36. The second-order valence-corrected chi connectivity index (χ2v) is 7.24. The van der Waals surface area contributed by atoms with E-state index in [1.54, 1.807) is 16.2 Å². The van der Waals surface area contributed by atoms with Gasteiger partial charge in [-0.05, 0) is 25.1 Å². The Bertz CT molecular complexity index is 958. The van der Waals surface area contributed by atoms with Crippen LogP contribution in [0.3, 0.4) is 0 Å². The van der Waals surface area contributed by atoms with Gasteiger partial charge in [-0.3, -0.25) is 24.0 Å². The van der Waals surface area contributed by atoms with E-state index >= 15 is 0 Å². The Hall–Kier alpha value is -2.61. The molecule has 3 heterocycles. The predicted molar refractivity (Wildman–Crippen MR) is 105 cm³/mol. The van der Waals surface area contributed by atoms with Crippen molar-refractivity contribution in [3.8, 4) is 0 Å². The van der Waals surface area contributed by atoms with Crippen molar-refractivity contribution >= 4 is 28.5 Å². The minimum absolute atomic E-state index is 0. The number of aromatic nitrogens is 2. The topological polar surface area (TPSA) is 79.6 Å². The lowest BCUT2D eigenvalue weighted by Gasteiger charge is -2.35. The quantitative estimate of drug-likeness (QED) is 0.802. The number of hydrogen-bond acceptors (Lipinski definition) is 5. The van der Waals surface area contributed by atoms with E-state index in [9.17, 15) is 14.4 Å². The first-order valence-electron chi connectivity index (χ1n) is 9.52. The highest BCUT2D eigenvalue weighted by Gasteiger charge is 2.32. The molecule has 2 amide bonds. The van der Waals surface area contributed by atoms with Gasteiger partial charge in [-0.15, -0.1) is 0 Å². The summed E-state index contributed by atoms with van der Waals surface area (Å²) in [4.78, 5) is 41.5. The molecule has 2 aliphatic rings. The second-order valence-electron chi connectivity index (χ2n) is 7.24. The third kappa shape index (κ3) is 2.93. The Kier molecular flexibility index (Phi) is 4.51. The van der Waals surface area contributed by atoms with Crippen molar-refractivity contribution < 1.29 is 11.0 Å². The normalized spacial score (nSPS) is 21.7. The number of nitrogens with one attached hydrogen (secondary N) is 1. The van der Waals surface area contributed by atoms with E-state index in [1.807, 2.05) is 18.2 Å². The molecule has 0 radical (unpaired) electrons. The molecular formula is C19H27N5O3. The Morgan fingerprint density at radius 1 is 1.15 bits per heavy atom. The van der Waals surface area contributed by atoms with Gasteiger partial charge >= 0.3 is 5.69 Å². The lowest BCUT2D eigenvalue weighted by Crippen LogP contribution is -2.46. The highest BCUT2D eigenvalue weighted by Crippen LogP contribution is 2.30. The zero-order chi connectivity index (χ0) is 19.1. The molecule has 0 bridgehead atoms. The number of imidazole rings is 1. The summed E-state index contributed by atoms with van der Waals surface area (Å²) < 4.78 is 3.17. The average Bonchev–Trinajstić information content (AvgIpc) is 2.93. The van der Waals surface area contributed by atoms with Gasteiger partial charge in [0.15, 0.2) is 0 Å². The van der Waals surface area contributed by atoms with E-state index in [2.05, 4.69) is 22.0 Å². The van der Waals surface area contributed by atoms with E-state index in [4.69, 9.17) is 0 Å². The fraction of sp³-hybridized carbons (Fsp3) is 0.526. The molecular weight excluding hydrogens is 346 g/mol. The maximum atomic E-state index is 13.0. The van der Waals surface area contributed by atoms with Crippen molar-refractivity contribution in [1.82, 2.24) is 19.4 Å². The van der Waals surface area contributed by atoms with Gasteiger partial charge in [0, 0.05) is 41.1 Å². The number of carbonyl (C=O) groups excluding carboxylic acids is 2. The number of piperazine rings is 1. The zero-order valence-electron chi connectivity index (χ0n) is 15.8. The number of hydrogen-bond donors (Lipinski definition) is 1. The van der Waals surface area contributed by atoms with Crippen LogP contribution in [0.4, 0.5) is 5.69 Å². The van der Waals surface area contributed by atoms with Crippen LogP contribution < -0.4 is 15.9 Å². The van der Waals surface area contributed by atoms with Crippen LogP contribution in [-0.4, -0.2) is 58.6 Å². The van der Waals surface area contributed by atoms with Gasteiger partial charge in [0.1, 0.15) is 6.04 Å². The summed E-state index contributed by atoms with van der Waals surface area (Å²) in [6.45, 7) is 7.02. The SMILES string of the molecule is CCN1CCN(c2cccc3c2n(C)c(=O)n3C2CCC(=O)NC2=O)CC1.[HH]. The first kappa shape index (κ1) is 17.8. The molecule has 2 saturated heterocycles. The third-order valence-corrected chi connectivity index (χ3v) is 5.76. The molecule has 1 aromatic carbocycles. The van der Waals surface area contributed by atoms with E-state index in [1.165, 1.54) is 0 Å². The molecule has 1 N–H and O–H groups in total. The number of amides is 2. The number of likely N-dealkylation sites (N-methyl/N-ethyl adjacent to an activating group) is 1. The Balaban J connectivity index is 0.00000225. The molecule has 0 saturated carbocycles. The van der Waals surface area contributed by atoms with Crippen molar-refractivity contribution in [3.63, 3.8) is 0 Å². The molecule has 27 heavy (non-hydrogen) atoms. The fourth-order valence-corrected chi connectivity index (χ4v) is 4.21. The van der Waals surface area contributed by atoms with Crippen molar-refractivity contribution in [2.45, 2.75) is 25.8 Å². The van der Waals surface area contributed by atoms with Gasteiger partial charge in [-0.25, -0.2) is 4.79 Å². The van der Waals surface area contributed by atoms with E-state index < -0.39 is 11.9 Å². The molecule has 2 fully saturated rings. The number of para-hydroxylation sites is 1. The molecule has 0 spiro atoms.